The molecule has 1 aromatic carbocycles. The molecule has 1 rings (SSSR count). The van der Waals surface area contributed by atoms with Crippen molar-refractivity contribution in [1.29, 1.82) is 0 Å². The quantitative estimate of drug-likeness (QED) is 0.441. The minimum absolute atomic E-state index is 0.121. The first-order chi connectivity index (χ1) is 6.15. The van der Waals surface area contributed by atoms with Crippen molar-refractivity contribution in [2.45, 2.75) is 19.8 Å². The van der Waals surface area contributed by atoms with Gasteiger partial charge in [0.15, 0.2) is 5.17 Å². The van der Waals surface area contributed by atoms with Gasteiger partial charge in [0.25, 0.3) is 0 Å². The summed E-state index contributed by atoms with van der Waals surface area (Å²) in [4.78, 5) is 0. The molecule has 0 fully saturated rings. The standard InChI is InChI=1S/C10H12ClNO/c1-7(2)8-3-5-9(6-4-8)10(11)12-13/h3-7,13H,1-2H3/b12-10+. The molecule has 0 unspecified atom stereocenters. The van der Waals surface area contributed by atoms with Crippen LogP contribution in [0.4, 0.5) is 0 Å². The number of hydrogen-bond acceptors (Lipinski definition) is 2. The van der Waals surface area contributed by atoms with Gasteiger partial charge in [-0.25, -0.2) is 0 Å². The fourth-order valence-electron chi connectivity index (χ4n) is 1.06. The highest BCUT2D eigenvalue weighted by Gasteiger charge is 2.01. The van der Waals surface area contributed by atoms with Crippen molar-refractivity contribution >= 4 is 16.8 Å². The highest BCUT2D eigenvalue weighted by molar-refractivity contribution is 6.69. The number of nitrogens with zero attached hydrogens (tertiary/aromatic N) is 1. The molecule has 0 atom stereocenters. The van der Waals surface area contributed by atoms with E-state index < -0.39 is 0 Å². The van der Waals surface area contributed by atoms with Gasteiger partial charge in [-0.05, 0) is 11.5 Å². The highest BCUT2D eigenvalue weighted by Crippen LogP contribution is 2.15. The van der Waals surface area contributed by atoms with Crippen molar-refractivity contribution in [3.8, 4) is 0 Å². The summed E-state index contributed by atoms with van der Waals surface area (Å²) in [7, 11) is 0. The van der Waals surface area contributed by atoms with Crippen molar-refractivity contribution in [1.82, 2.24) is 0 Å². The molecule has 0 aromatic heterocycles. The van der Waals surface area contributed by atoms with Crippen LogP contribution in [0.3, 0.4) is 0 Å². The van der Waals surface area contributed by atoms with Crippen molar-refractivity contribution in [2.24, 2.45) is 5.16 Å². The van der Waals surface area contributed by atoms with Gasteiger partial charge in [-0.2, -0.15) is 0 Å². The first-order valence-corrected chi connectivity index (χ1v) is 4.51. The Kier molecular flexibility index (Phi) is 3.32. The lowest BCUT2D eigenvalue weighted by Gasteiger charge is -2.04. The van der Waals surface area contributed by atoms with Crippen LogP contribution in [0.2, 0.25) is 0 Å². The van der Waals surface area contributed by atoms with E-state index in [4.69, 9.17) is 16.8 Å². The van der Waals surface area contributed by atoms with E-state index in [1.807, 2.05) is 24.3 Å². The summed E-state index contributed by atoms with van der Waals surface area (Å²) in [5.74, 6) is 0.499. The molecule has 1 N–H and O–H groups in total. The van der Waals surface area contributed by atoms with Gasteiger partial charge >= 0.3 is 0 Å². The largest absolute Gasteiger partial charge is 0.410 e. The van der Waals surface area contributed by atoms with Crippen LogP contribution in [0.5, 0.6) is 0 Å². The molecule has 0 radical (unpaired) electrons. The molecular weight excluding hydrogens is 186 g/mol. The van der Waals surface area contributed by atoms with Crippen LogP contribution in [0.1, 0.15) is 30.9 Å². The Morgan fingerprint density at radius 1 is 1.31 bits per heavy atom. The van der Waals surface area contributed by atoms with Crippen LogP contribution in [0.15, 0.2) is 29.4 Å². The Bertz CT molecular complexity index is 303. The fourth-order valence-corrected chi connectivity index (χ4v) is 1.19. The lowest BCUT2D eigenvalue weighted by molar-refractivity contribution is 0.321. The maximum absolute atomic E-state index is 8.42. The van der Waals surface area contributed by atoms with E-state index in [0.717, 1.165) is 5.56 Å². The minimum Gasteiger partial charge on any atom is -0.410 e. The van der Waals surface area contributed by atoms with E-state index in [9.17, 15) is 0 Å². The van der Waals surface area contributed by atoms with Gasteiger partial charge in [-0.1, -0.05) is 54.9 Å². The van der Waals surface area contributed by atoms with Crippen molar-refractivity contribution < 1.29 is 5.21 Å². The molecule has 0 saturated heterocycles. The Balaban J connectivity index is 2.94. The predicted octanol–water partition coefficient (Wildman–Crippen LogP) is 3.18. The maximum Gasteiger partial charge on any atom is 0.175 e. The van der Waals surface area contributed by atoms with Gasteiger partial charge in [0, 0.05) is 5.56 Å². The van der Waals surface area contributed by atoms with Crippen LogP contribution in [0.25, 0.3) is 0 Å². The number of oxime groups is 1. The molecule has 0 aliphatic carbocycles. The van der Waals surface area contributed by atoms with Crippen LogP contribution in [-0.4, -0.2) is 10.4 Å². The number of hydrogen-bond donors (Lipinski definition) is 1. The molecular formula is C10H12ClNO. The van der Waals surface area contributed by atoms with Gasteiger partial charge in [0.1, 0.15) is 0 Å². The first kappa shape index (κ1) is 10.1. The van der Waals surface area contributed by atoms with Crippen LogP contribution < -0.4 is 0 Å². The van der Waals surface area contributed by atoms with E-state index in [1.54, 1.807) is 0 Å². The van der Waals surface area contributed by atoms with E-state index in [-0.39, 0.29) is 5.17 Å². The van der Waals surface area contributed by atoms with Crippen molar-refractivity contribution in [3.05, 3.63) is 35.4 Å². The molecule has 2 nitrogen and oxygen atoms in total. The van der Waals surface area contributed by atoms with Gasteiger partial charge in [0.05, 0.1) is 0 Å². The first-order valence-electron chi connectivity index (χ1n) is 4.13. The topological polar surface area (TPSA) is 32.6 Å². The molecule has 0 amide bonds. The molecule has 0 aliphatic rings. The van der Waals surface area contributed by atoms with Gasteiger partial charge in [0.2, 0.25) is 0 Å². The minimum atomic E-state index is 0.121. The van der Waals surface area contributed by atoms with E-state index in [0.29, 0.717) is 5.92 Å². The lowest BCUT2D eigenvalue weighted by Crippen LogP contribution is -1.92. The van der Waals surface area contributed by atoms with E-state index in [1.165, 1.54) is 5.56 Å². The average Bonchev–Trinajstić information content (AvgIpc) is 2.17. The average molecular weight is 198 g/mol. The van der Waals surface area contributed by atoms with Crippen LogP contribution in [-0.2, 0) is 0 Å². The second kappa shape index (κ2) is 4.28. The molecule has 0 spiro atoms. The van der Waals surface area contributed by atoms with Crippen LogP contribution >= 0.6 is 11.6 Å². The van der Waals surface area contributed by atoms with Gasteiger partial charge in [-0.3, -0.25) is 0 Å². The Labute approximate surface area is 82.8 Å². The van der Waals surface area contributed by atoms with E-state index >= 15 is 0 Å². The summed E-state index contributed by atoms with van der Waals surface area (Å²) >= 11 is 5.62. The van der Waals surface area contributed by atoms with Crippen LogP contribution in [0, 0.1) is 0 Å². The molecule has 13 heavy (non-hydrogen) atoms. The third-order valence-electron chi connectivity index (χ3n) is 1.90. The number of benzene rings is 1. The zero-order valence-corrected chi connectivity index (χ0v) is 8.42. The normalized spacial score (nSPS) is 12.2. The molecule has 0 aliphatic heterocycles. The Morgan fingerprint density at radius 2 is 1.85 bits per heavy atom. The monoisotopic (exact) mass is 197 g/mol. The second-order valence-electron chi connectivity index (χ2n) is 3.17. The summed E-state index contributed by atoms with van der Waals surface area (Å²) in [6.07, 6.45) is 0. The molecule has 1 aromatic rings. The van der Waals surface area contributed by atoms with E-state index in [2.05, 4.69) is 19.0 Å². The molecule has 70 valence electrons. The maximum atomic E-state index is 8.42. The molecule has 0 saturated carbocycles. The molecule has 0 bridgehead atoms. The summed E-state index contributed by atoms with van der Waals surface area (Å²) in [5.41, 5.74) is 1.97. The highest BCUT2D eigenvalue weighted by atomic mass is 35.5. The summed E-state index contributed by atoms with van der Waals surface area (Å²) < 4.78 is 0. The molecule has 3 heteroatoms. The van der Waals surface area contributed by atoms with Crippen molar-refractivity contribution in [3.63, 3.8) is 0 Å². The number of halogens is 1. The zero-order valence-electron chi connectivity index (χ0n) is 7.66. The second-order valence-corrected chi connectivity index (χ2v) is 3.53. The SMILES string of the molecule is CC(C)c1ccc(/C(Cl)=N\O)cc1. The lowest BCUT2D eigenvalue weighted by atomic mass is 10.0. The van der Waals surface area contributed by atoms with Crippen molar-refractivity contribution in [2.75, 3.05) is 0 Å². The van der Waals surface area contributed by atoms with Gasteiger partial charge < -0.3 is 5.21 Å². The molecule has 0 heterocycles. The smallest absolute Gasteiger partial charge is 0.175 e. The third-order valence-corrected chi connectivity index (χ3v) is 2.20. The summed E-state index contributed by atoms with van der Waals surface area (Å²) in [5, 5.41) is 11.5. The third kappa shape index (κ3) is 2.46. The summed E-state index contributed by atoms with van der Waals surface area (Å²) in [6, 6.07) is 7.65. The zero-order chi connectivity index (χ0) is 9.84. The van der Waals surface area contributed by atoms with Gasteiger partial charge in [-0.15, -0.1) is 0 Å². The fraction of sp³-hybridized carbons (Fsp3) is 0.300. The Morgan fingerprint density at radius 3 is 2.23 bits per heavy atom. The predicted molar refractivity (Wildman–Crippen MR) is 54.7 cm³/mol. The summed E-state index contributed by atoms with van der Waals surface area (Å²) in [6.45, 7) is 4.24. The Hall–Kier alpha value is -1.02. The number of rotatable bonds is 2.